The van der Waals surface area contributed by atoms with Crippen molar-refractivity contribution >= 4 is 23.1 Å². The highest BCUT2D eigenvalue weighted by Gasteiger charge is 2.47. The van der Waals surface area contributed by atoms with Gasteiger partial charge in [-0.25, -0.2) is 0 Å². The molecule has 0 aromatic heterocycles. The van der Waals surface area contributed by atoms with Gasteiger partial charge >= 0.3 is 0 Å². The minimum atomic E-state index is -0.803. The summed E-state index contributed by atoms with van der Waals surface area (Å²) in [6.45, 7) is 14.6. The lowest BCUT2D eigenvalue weighted by atomic mass is 9.85. The molecule has 4 rings (SSSR count). The van der Waals surface area contributed by atoms with Gasteiger partial charge in [-0.2, -0.15) is 0 Å². The number of aliphatic hydroxyl groups excluding tert-OH is 1. The number of hydrogen-bond donors (Lipinski definition) is 1. The van der Waals surface area contributed by atoms with Crippen LogP contribution in [0.1, 0.15) is 69.8 Å². The number of carbonyl (C=O) groups is 2. The van der Waals surface area contributed by atoms with E-state index >= 15 is 0 Å². The fraction of sp³-hybridized carbons (Fsp3) is 0.333. The molecule has 0 spiro atoms. The van der Waals surface area contributed by atoms with E-state index in [9.17, 15) is 14.7 Å². The number of carbonyl (C=O) groups excluding carboxylic acids is 2. The zero-order valence-corrected chi connectivity index (χ0v) is 23.7. The van der Waals surface area contributed by atoms with Gasteiger partial charge in [0.05, 0.1) is 24.3 Å². The molecule has 3 aromatic rings. The smallest absolute Gasteiger partial charge is 0.300 e. The molecular formula is C33H37NO5. The number of Topliss-reactive ketones (excluding diaryl/α,β-unsaturated/α-hetero) is 1. The van der Waals surface area contributed by atoms with E-state index < -0.39 is 17.7 Å². The van der Waals surface area contributed by atoms with Crippen molar-refractivity contribution in [1.82, 2.24) is 0 Å². The SMILES string of the molecule is CCOc1ccc(/C(O)=C2/C(=O)C(=O)N(c3ccc(OC(C)C)cc3)C2c2ccc(C(C)(C)C)cc2)cc1C. The van der Waals surface area contributed by atoms with Crippen LogP contribution in [0.4, 0.5) is 5.69 Å². The standard InChI is InChI=1S/C33H37NO5/c1-8-38-27-18-11-23(19-21(27)4)30(35)28-29(22-9-12-24(13-10-22)33(5,6)7)34(32(37)31(28)36)25-14-16-26(17-15-25)39-20(2)3/h9-20,29,35H,8H2,1-7H3/b30-28-. The average molecular weight is 528 g/mol. The normalized spacial score (nSPS) is 17.1. The zero-order valence-electron chi connectivity index (χ0n) is 23.7. The van der Waals surface area contributed by atoms with Crippen molar-refractivity contribution in [2.24, 2.45) is 0 Å². The second-order valence-corrected chi connectivity index (χ2v) is 11.1. The van der Waals surface area contributed by atoms with E-state index in [1.807, 2.05) is 52.0 Å². The third-order valence-corrected chi connectivity index (χ3v) is 6.77. The van der Waals surface area contributed by atoms with Crippen molar-refractivity contribution in [1.29, 1.82) is 0 Å². The number of ketones is 1. The van der Waals surface area contributed by atoms with Gasteiger partial charge in [0.2, 0.25) is 0 Å². The molecule has 6 nitrogen and oxygen atoms in total. The summed E-state index contributed by atoms with van der Waals surface area (Å²) >= 11 is 0. The summed E-state index contributed by atoms with van der Waals surface area (Å²) in [7, 11) is 0. The van der Waals surface area contributed by atoms with Crippen LogP contribution >= 0.6 is 0 Å². The van der Waals surface area contributed by atoms with Gasteiger partial charge in [-0.1, -0.05) is 45.0 Å². The highest BCUT2D eigenvalue weighted by atomic mass is 16.5. The van der Waals surface area contributed by atoms with Crippen molar-refractivity contribution < 1.29 is 24.2 Å². The lowest BCUT2D eigenvalue weighted by Crippen LogP contribution is -2.29. The number of hydrogen-bond acceptors (Lipinski definition) is 5. The van der Waals surface area contributed by atoms with Crippen LogP contribution in [0, 0.1) is 6.92 Å². The van der Waals surface area contributed by atoms with Gasteiger partial charge in [0, 0.05) is 11.3 Å². The number of aliphatic hydroxyl groups is 1. The maximum absolute atomic E-state index is 13.5. The third-order valence-electron chi connectivity index (χ3n) is 6.77. The van der Waals surface area contributed by atoms with E-state index in [1.165, 1.54) is 4.90 Å². The molecule has 204 valence electrons. The molecule has 1 N–H and O–H groups in total. The Labute approximate surface area is 230 Å². The van der Waals surface area contributed by atoms with Crippen LogP contribution in [0.3, 0.4) is 0 Å². The van der Waals surface area contributed by atoms with Gasteiger partial charge in [0.25, 0.3) is 11.7 Å². The molecule has 0 bridgehead atoms. The quantitative estimate of drug-likeness (QED) is 0.201. The topological polar surface area (TPSA) is 76.1 Å². The fourth-order valence-electron chi connectivity index (χ4n) is 4.81. The average Bonchev–Trinajstić information content (AvgIpc) is 3.15. The summed E-state index contributed by atoms with van der Waals surface area (Å²) in [6.07, 6.45) is 0.00369. The molecule has 3 aromatic carbocycles. The first-order chi connectivity index (χ1) is 18.4. The number of ether oxygens (including phenoxy) is 2. The van der Waals surface area contributed by atoms with Crippen molar-refractivity contribution in [3.8, 4) is 11.5 Å². The van der Waals surface area contributed by atoms with Crippen molar-refractivity contribution in [2.45, 2.75) is 66.0 Å². The van der Waals surface area contributed by atoms with Crippen LogP contribution in [0.5, 0.6) is 11.5 Å². The summed E-state index contributed by atoms with van der Waals surface area (Å²) < 4.78 is 11.4. The second-order valence-electron chi connectivity index (χ2n) is 11.1. The van der Waals surface area contributed by atoms with E-state index in [0.717, 1.165) is 16.7 Å². The van der Waals surface area contributed by atoms with Gasteiger partial charge in [0.15, 0.2) is 0 Å². The van der Waals surface area contributed by atoms with Crippen molar-refractivity contribution in [3.63, 3.8) is 0 Å². The minimum absolute atomic E-state index is 0.00369. The Bertz CT molecular complexity index is 1400. The summed E-state index contributed by atoms with van der Waals surface area (Å²) in [5.74, 6) is -0.270. The summed E-state index contributed by atoms with van der Waals surface area (Å²) in [6, 6.07) is 19.4. The van der Waals surface area contributed by atoms with Crippen molar-refractivity contribution in [3.05, 3.63) is 94.6 Å². The largest absolute Gasteiger partial charge is 0.507 e. The van der Waals surface area contributed by atoms with E-state index in [0.29, 0.717) is 29.4 Å². The Morgan fingerprint density at radius 2 is 1.62 bits per heavy atom. The molecule has 0 aliphatic carbocycles. The Kier molecular flexibility index (Phi) is 7.86. The molecule has 1 unspecified atom stereocenters. The van der Waals surface area contributed by atoms with Crippen LogP contribution in [-0.4, -0.2) is 29.5 Å². The van der Waals surface area contributed by atoms with Gasteiger partial charge in [0.1, 0.15) is 17.3 Å². The third kappa shape index (κ3) is 5.70. The number of amides is 1. The molecule has 39 heavy (non-hydrogen) atoms. The van der Waals surface area contributed by atoms with Crippen molar-refractivity contribution in [2.75, 3.05) is 11.5 Å². The predicted molar refractivity (Wildman–Crippen MR) is 154 cm³/mol. The number of rotatable bonds is 7. The summed E-state index contributed by atoms with van der Waals surface area (Å²) in [4.78, 5) is 28.5. The molecule has 1 saturated heterocycles. The van der Waals surface area contributed by atoms with Gasteiger partial charge < -0.3 is 14.6 Å². The van der Waals surface area contributed by atoms with E-state index in [4.69, 9.17) is 9.47 Å². The van der Waals surface area contributed by atoms with Crippen LogP contribution < -0.4 is 14.4 Å². The molecule has 1 fully saturated rings. The Morgan fingerprint density at radius 1 is 0.974 bits per heavy atom. The van der Waals surface area contributed by atoms with E-state index in [1.54, 1.807) is 42.5 Å². The van der Waals surface area contributed by atoms with Crippen LogP contribution in [0.25, 0.3) is 5.76 Å². The molecule has 0 radical (unpaired) electrons. The maximum Gasteiger partial charge on any atom is 0.300 e. The van der Waals surface area contributed by atoms with Gasteiger partial charge in [-0.05, 0) is 92.3 Å². The molecule has 0 saturated carbocycles. The molecule has 1 amide bonds. The molecule has 1 atom stereocenters. The van der Waals surface area contributed by atoms with Gasteiger partial charge in [-0.15, -0.1) is 0 Å². The summed E-state index contributed by atoms with van der Waals surface area (Å²) in [5, 5.41) is 11.5. The first-order valence-electron chi connectivity index (χ1n) is 13.3. The van der Waals surface area contributed by atoms with Crippen LogP contribution in [0.2, 0.25) is 0 Å². The number of benzene rings is 3. The van der Waals surface area contributed by atoms with Gasteiger partial charge in [-0.3, -0.25) is 14.5 Å². The number of anilines is 1. The van der Waals surface area contributed by atoms with Crippen LogP contribution in [0.15, 0.2) is 72.3 Å². The predicted octanol–water partition coefficient (Wildman–Crippen LogP) is 7.10. The monoisotopic (exact) mass is 527 g/mol. The molecule has 1 heterocycles. The molecular weight excluding hydrogens is 490 g/mol. The first kappa shape index (κ1) is 28.0. The first-order valence-corrected chi connectivity index (χ1v) is 13.3. The number of nitrogens with zero attached hydrogens (tertiary/aromatic N) is 1. The fourth-order valence-corrected chi connectivity index (χ4v) is 4.81. The maximum atomic E-state index is 13.5. The zero-order chi connectivity index (χ0) is 28.5. The lowest BCUT2D eigenvalue weighted by molar-refractivity contribution is -0.132. The Hall–Kier alpha value is -4.06. The molecule has 6 heteroatoms. The lowest BCUT2D eigenvalue weighted by Gasteiger charge is -2.27. The second kappa shape index (κ2) is 11.0. The summed E-state index contributed by atoms with van der Waals surface area (Å²) in [5.41, 5.74) is 3.66. The Balaban J connectivity index is 1.87. The Morgan fingerprint density at radius 3 is 2.15 bits per heavy atom. The van der Waals surface area contributed by atoms with Crippen LogP contribution in [-0.2, 0) is 15.0 Å². The minimum Gasteiger partial charge on any atom is -0.507 e. The molecule has 1 aliphatic rings. The van der Waals surface area contributed by atoms with E-state index in [2.05, 4.69) is 20.8 Å². The highest BCUT2D eigenvalue weighted by molar-refractivity contribution is 6.51. The highest BCUT2D eigenvalue weighted by Crippen LogP contribution is 2.43. The van der Waals surface area contributed by atoms with E-state index in [-0.39, 0.29) is 22.9 Å². The number of aryl methyl sites for hydroxylation is 1. The molecule has 1 aliphatic heterocycles.